The predicted octanol–water partition coefficient (Wildman–Crippen LogP) is -0.617. The van der Waals surface area contributed by atoms with E-state index in [4.69, 9.17) is 15.6 Å². The zero-order valence-electron chi connectivity index (χ0n) is 9.70. The van der Waals surface area contributed by atoms with Gasteiger partial charge in [-0.25, -0.2) is 9.78 Å². The maximum Gasteiger partial charge on any atom is 0.348 e. The highest BCUT2D eigenvalue weighted by molar-refractivity contribution is 5.81. The van der Waals surface area contributed by atoms with Crippen LogP contribution in [0.15, 0.2) is 22.6 Å². The Morgan fingerprint density at radius 3 is 3.11 bits per heavy atom. The number of H-pyrrole nitrogens is 1. The van der Waals surface area contributed by atoms with Crippen molar-refractivity contribution >= 4 is 17.0 Å². The lowest BCUT2D eigenvalue weighted by molar-refractivity contribution is 0.0656. The monoisotopic (exact) mass is 265 g/mol. The Morgan fingerprint density at radius 2 is 2.42 bits per heavy atom. The van der Waals surface area contributed by atoms with Crippen molar-refractivity contribution in [3.8, 4) is 0 Å². The van der Waals surface area contributed by atoms with Gasteiger partial charge in [-0.2, -0.15) is 4.98 Å². The summed E-state index contributed by atoms with van der Waals surface area (Å²) in [6.45, 7) is -0.398. The Bertz CT molecular complexity index is 731. The fourth-order valence-electron chi connectivity index (χ4n) is 2.00. The number of anilines is 1. The fourth-order valence-corrected chi connectivity index (χ4v) is 2.00. The molecule has 3 rings (SSSR count). The van der Waals surface area contributed by atoms with Crippen LogP contribution in [0.25, 0.3) is 11.2 Å². The van der Waals surface area contributed by atoms with E-state index >= 15 is 0 Å². The van der Waals surface area contributed by atoms with Crippen LogP contribution in [0.4, 0.5) is 5.82 Å². The second kappa shape index (κ2) is 3.99. The average Bonchev–Trinajstić information content (AvgIpc) is 2.92. The number of aromatic nitrogens is 4. The van der Waals surface area contributed by atoms with Crippen LogP contribution in [-0.2, 0) is 4.74 Å². The van der Waals surface area contributed by atoms with Gasteiger partial charge in [0.15, 0.2) is 17.6 Å². The van der Waals surface area contributed by atoms with Crippen molar-refractivity contribution in [3.05, 3.63) is 28.3 Å². The van der Waals surface area contributed by atoms with Gasteiger partial charge in [0.2, 0.25) is 0 Å². The number of nitrogens with two attached hydrogens (primary N) is 1. The molecule has 9 heteroatoms. The molecule has 3 heterocycles. The lowest BCUT2D eigenvalue weighted by Crippen LogP contribution is -2.16. The number of aliphatic hydroxyl groups is 2. The molecule has 0 bridgehead atoms. The first kappa shape index (κ1) is 11.5. The van der Waals surface area contributed by atoms with Crippen molar-refractivity contribution in [2.45, 2.75) is 12.6 Å². The van der Waals surface area contributed by atoms with Crippen molar-refractivity contribution < 1.29 is 14.9 Å². The Morgan fingerprint density at radius 1 is 1.63 bits per heavy atom. The Hall–Kier alpha value is -2.55. The second-order valence-corrected chi connectivity index (χ2v) is 4.08. The fraction of sp³-hybridized carbons (Fsp3) is 0.300. The molecule has 100 valence electrons. The molecule has 1 atom stereocenters. The van der Waals surface area contributed by atoms with Crippen LogP contribution in [0.2, 0.25) is 0 Å². The molecule has 1 aliphatic heterocycles. The van der Waals surface area contributed by atoms with Gasteiger partial charge in [0.1, 0.15) is 30.0 Å². The summed E-state index contributed by atoms with van der Waals surface area (Å²) in [4.78, 5) is 21.5. The van der Waals surface area contributed by atoms with Crippen molar-refractivity contribution in [2.75, 3.05) is 12.3 Å². The number of nitrogens with zero attached hydrogens (tertiary/aromatic N) is 3. The molecular weight excluding hydrogens is 254 g/mol. The van der Waals surface area contributed by atoms with Crippen LogP contribution in [-0.4, -0.2) is 36.3 Å². The summed E-state index contributed by atoms with van der Waals surface area (Å²) in [5, 5.41) is 18.6. The number of aromatic amines is 1. The molecule has 0 aliphatic carbocycles. The summed E-state index contributed by atoms with van der Waals surface area (Å²) in [5.41, 5.74) is 5.65. The number of aliphatic hydroxyl groups excluding tert-OH is 2. The summed E-state index contributed by atoms with van der Waals surface area (Å²) in [6, 6.07) is 0. The van der Waals surface area contributed by atoms with Crippen molar-refractivity contribution in [3.63, 3.8) is 0 Å². The topological polar surface area (TPSA) is 139 Å². The summed E-state index contributed by atoms with van der Waals surface area (Å²) in [5.74, 6) is 0.183. The third-order valence-corrected chi connectivity index (χ3v) is 2.89. The minimum atomic E-state index is -0.610. The van der Waals surface area contributed by atoms with Crippen LogP contribution >= 0.6 is 0 Å². The lowest BCUT2D eigenvalue weighted by Gasteiger charge is -2.13. The van der Waals surface area contributed by atoms with Crippen LogP contribution in [0.5, 0.6) is 0 Å². The zero-order valence-corrected chi connectivity index (χ0v) is 9.70. The van der Waals surface area contributed by atoms with E-state index in [1.807, 2.05) is 0 Å². The van der Waals surface area contributed by atoms with Gasteiger partial charge in [-0.05, 0) is 0 Å². The molecule has 0 unspecified atom stereocenters. The SMILES string of the molecule is Nc1[nH]c(=O)nc2c1ncn2[C@H]1CC(O)=C(CO)O1. The highest BCUT2D eigenvalue weighted by Crippen LogP contribution is 2.32. The number of nitrogen functional groups attached to an aromatic ring is 1. The Kier molecular flexibility index (Phi) is 2.42. The van der Waals surface area contributed by atoms with Crippen molar-refractivity contribution in [2.24, 2.45) is 0 Å². The highest BCUT2D eigenvalue weighted by atomic mass is 16.5. The van der Waals surface area contributed by atoms with Crippen LogP contribution in [0.1, 0.15) is 12.6 Å². The molecule has 0 aromatic carbocycles. The first-order valence-electron chi connectivity index (χ1n) is 5.51. The van der Waals surface area contributed by atoms with Gasteiger partial charge in [-0.1, -0.05) is 0 Å². The smallest absolute Gasteiger partial charge is 0.348 e. The summed E-state index contributed by atoms with van der Waals surface area (Å²) >= 11 is 0. The van der Waals surface area contributed by atoms with Gasteiger partial charge in [0.25, 0.3) is 0 Å². The van der Waals surface area contributed by atoms with Crippen LogP contribution < -0.4 is 11.4 Å². The summed E-state index contributed by atoms with van der Waals surface area (Å²) < 4.78 is 6.85. The number of hydrogen-bond donors (Lipinski definition) is 4. The minimum absolute atomic E-state index is 0.0350. The Labute approximate surface area is 106 Å². The van der Waals surface area contributed by atoms with E-state index in [0.717, 1.165) is 0 Å². The normalized spacial score (nSPS) is 19.1. The second-order valence-electron chi connectivity index (χ2n) is 4.08. The standard InChI is InChI=1S/C10H11N5O4/c11-8-7-9(14-10(18)13-8)15(3-12-7)6-1-4(17)5(2-16)19-6/h3,6,16-17H,1-2H2,(H3,11,13,14,18)/t6-/m1/s1. The molecule has 0 fully saturated rings. The van der Waals surface area contributed by atoms with E-state index in [-0.39, 0.29) is 29.4 Å². The average molecular weight is 265 g/mol. The molecule has 0 saturated heterocycles. The van der Waals surface area contributed by atoms with Gasteiger partial charge in [-0.3, -0.25) is 9.55 Å². The Balaban J connectivity index is 2.06. The molecule has 1 aliphatic rings. The molecule has 19 heavy (non-hydrogen) atoms. The third kappa shape index (κ3) is 1.71. The number of ether oxygens (including phenoxy) is 1. The molecule has 0 spiro atoms. The van der Waals surface area contributed by atoms with Crippen molar-refractivity contribution in [1.82, 2.24) is 19.5 Å². The van der Waals surface area contributed by atoms with Gasteiger partial charge in [0.05, 0.1) is 6.42 Å². The van der Waals surface area contributed by atoms with E-state index < -0.39 is 18.5 Å². The largest absolute Gasteiger partial charge is 0.508 e. The van der Waals surface area contributed by atoms with E-state index in [1.165, 1.54) is 10.9 Å². The molecule has 9 nitrogen and oxygen atoms in total. The van der Waals surface area contributed by atoms with E-state index in [1.54, 1.807) is 0 Å². The van der Waals surface area contributed by atoms with E-state index in [2.05, 4.69) is 15.0 Å². The highest BCUT2D eigenvalue weighted by Gasteiger charge is 2.28. The summed E-state index contributed by atoms with van der Waals surface area (Å²) in [7, 11) is 0. The van der Waals surface area contributed by atoms with Crippen LogP contribution in [0.3, 0.4) is 0 Å². The number of rotatable bonds is 2. The maximum atomic E-state index is 11.3. The number of nitrogens with one attached hydrogen (secondary N) is 1. The lowest BCUT2D eigenvalue weighted by atomic mass is 10.3. The number of fused-ring (bicyclic) bond motifs is 1. The maximum absolute atomic E-state index is 11.3. The van der Waals surface area contributed by atoms with Crippen LogP contribution in [0, 0.1) is 0 Å². The molecule has 2 aromatic rings. The molecule has 2 aromatic heterocycles. The van der Waals surface area contributed by atoms with Gasteiger partial charge >= 0.3 is 5.69 Å². The van der Waals surface area contributed by atoms with Gasteiger partial charge in [0, 0.05) is 0 Å². The first-order chi connectivity index (χ1) is 9.10. The molecular formula is C10H11N5O4. The first-order valence-corrected chi connectivity index (χ1v) is 5.51. The molecule has 0 radical (unpaired) electrons. The zero-order chi connectivity index (χ0) is 13.6. The minimum Gasteiger partial charge on any atom is -0.508 e. The van der Waals surface area contributed by atoms with Crippen molar-refractivity contribution in [1.29, 1.82) is 0 Å². The third-order valence-electron chi connectivity index (χ3n) is 2.89. The molecule has 0 saturated carbocycles. The van der Waals surface area contributed by atoms with Gasteiger partial charge < -0.3 is 20.7 Å². The number of imidazole rings is 1. The number of hydrogen-bond acceptors (Lipinski definition) is 7. The van der Waals surface area contributed by atoms with E-state index in [9.17, 15) is 9.90 Å². The predicted molar refractivity (Wildman–Crippen MR) is 64.0 cm³/mol. The molecule has 5 N–H and O–H groups in total. The quantitative estimate of drug-likeness (QED) is 0.567. The van der Waals surface area contributed by atoms with Gasteiger partial charge in [-0.15, -0.1) is 0 Å². The van der Waals surface area contributed by atoms with E-state index in [0.29, 0.717) is 5.52 Å². The summed E-state index contributed by atoms with van der Waals surface area (Å²) in [6.07, 6.45) is 0.968. The molecule has 0 amide bonds.